The third kappa shape index (κ3) is 6.00. The van der Waals surface area contributed by atoms with Gasteiger partial charge in [0.15, 0.2) is 0 Å². The van der Waals surface area contributed by atoms with E-state index in [0.717, 1.165) is 16.7 Å². The van der Waals surface area contributed by atoms with Crippen molar-refractivity contribution in [3.8, 4) is 5.75 Å². The maximum atomic E-state index is 12.6. The molecule has 0 unspecified atom stereocenters. The molecule has 0 amide bonds. The lowest BCUT2D eigenvalue weighted by Gasteiger charge is -2.18. The first kappa shape index (κ1) is 19.7. The summed E-state index contributed by atoms with van der Waals surface area (Å²) in [7, 11) is 0. The van der Waals surface area contributed by atoms with Crippen LogP contribution in [0.3, 0.4) is 0 Å². The van der Waals surface area contributed by atoms with Crippen molar-refractivity contribution in [1.29, 1.82) is 0 Å². The second kappa shape index (κ2) is 9.76. The molecule has 28 heavy (non-hydrogen) atoms. The Kier molecular flexibility index (Phi) is 6.87. The van der Waals surface area contributed by atoms with Gasteiger partial charge in [0.1, 0.15) is 11.8 Å². The zero-order valence-corrected chi connectivity index (χ0v) is 15.7. The molecule has 0 saturated heterocycles. The molecule has 0 aliphatic carbocycles. The molecule has 0 radical (unpaired) electrons. The van der Waals surface area contributed by atoms with Crippen LogP contribution in [0.1, 0.15) is 16.7 Å². The van der Waals surface area contributed by atoms with Crippen LogP contribution in [0.25, 0.3) is 0 Å². The number of hydrogen-bond donors (Lipinski definition) is 2. The van der Waals surface area contributed by atoms with E-state index in [1.54, 1.807) is 24.3 Å². The van der Waals surface area contributed by atoms with Gasteiger partial charge in [-0.2, -0.15) is 0 Å². The van der Waals surface area contributed by atoms with E-state index in [-0.39, 0.29) is 12.7 Å². The van der Waals surface area contributed by atoms with Crippen molar-refractivity contribution in [3.63, 3.8) is 0 Å². The Balaban J connectivity index is 1.66. The number of phenolic OH excluding ortho intramolecular Hbond substituents is 1. The van der Waals surface area contributed by atoms with E-state index < -0.39 is 12.0 Å². The van der Waals surface area contributed by atoms with Crippen molar-refractivity contribution in [2.24, 2.45) is 5.73 Å². The number of carbonyl (C=O) groups is 1. The lowest BCUT2D eigenvalue weighted by Crippen LogP contribution is -2.40. The van der Waals surface area contributed by atoms with Gasteiger partial charge in [0.05, 0.1) is 0 Å². The summed E-state index contributed by atoms with van der Waals surface area (Å²) < 4.78 is 5.80. The van der Waals surface area contributed by atoms with Gasteiger partial charge >= 0.3 is 12.9 Å². The van der Waals surface area contributed by atoms with Crippen LogP contribution < -0.4 is 5.73 Å². The van der Waals surface area contributed by atoms with E-state index in [2.05, 4.69) is 0 Å². The lowest BCUT2D eigenvalue weighted by molar-refractivity contribution is -0.136. The van der Waals surface area contributed by atoms with E-state index in [0.29, 0.717) is 19.1 Å². The molecule has 0 aromatic heterocycles. The van der Waals surface area contributed by atoms with Crippen LogP contribution in [0.15, 0.2) is 84.9 Å². The van der Waals surface area contributed by atoms with Crippen LogP contribution in [0.2, 0.25) is 0 Å². The molecule has 0 aliphatic heterocycles. The minimum absolute atomic E-state index is 0.186. The molecule has 0 fully saturated rings. The highest BCUT2D eigenvalue weighted by atomic mass is 16.5. The second-order valence-electron chi connectivity index (χ2n) is 6.92. The topological polar surface area (TPSA) is 72.5 Å². The molecule has 3 aromatic rings. The lowest BCUT2D eigenvalue weighted by atomic mass is 9.58. The van der Waals surface area contributed by atoms with Crippen LogP contribution in [-0.2, 0) is 28.5 Å². The molecule has 3 aromatic carbocycles. The van der Waals surface area contributed by atoms with Gasteiger partial charge in [-0.25, -0.2) is 0 Å². The fourth-order valence-corrected chi connectivity index (χ4v) is 3.13. The van der Waals surface area contributed by atoms with E-state index in [4.69, 9.17) is 10.4 Å². The van der Waals surface area contributed by atoms with Crippen molar-refractivity contribution < 1.29 is 14.6 Å². The highest BCUT2D eigenvalue weighted by molar-refractivity contribution is 6.52. The summed E-state index contributed by atoms with van der Waals surface area (Å²) in [6.45, 7) is -0.289. The molecule has 5 heteroatoms. The van der Waals surface area contributed by atoms with Gasteiger partial charge in [-0.3, -0.25) is 4.79 Å². The summed E-state index contributed by atoms with van der Waals surface area (Å²) in [4.78, 5) is 12.6. The molecule has 4 nitrogen and oxygen atoms in total. The Bertz CT molecular complexity index is 828. The van der Waals surface area contributed by atoms with Crippen molar-refractivity contribution in [1.82, 2.24) is 0 Å². The smallest absolute Gasteiger partial charge is 0.370 e. The molecule has 0 saturated carbocycles. The van der Waals surface area contributed by atoms with Gasteiger partial charge in [0.25, 0.3) is 0 Å². The summed E-state index contributed by atoms with van der Waals surface area (Å²) >= 11 is 0. The van der Waals surface area contributed by atoms with Gasteiger partial charge in [0.2, 0.25) is 0 Å². The largest absolute Gasteiger partial charge is 0.534 e. The molecule has 3 rings (SSSR count). The summed E-state index contributed by atoms with van der Waals surface area (Å²) in [6.07, 6.45) is 1.63. The fraction of sp³-hybridized carbons (Fsp3) is 0.174. The number of benzene rings is 3. The zero-order chi connectivity index (χ0) is 19.8. The SMILES string of the molecule is N[C@H](Cc1ccc(O)cc1)C(=O)OB(Cc1ccccc1)Cc1ccccc1. The van der Waals surface area contributed by atoms with Crippen molar-refractivity contribution in [2.75, 3.05) is 0 Å². The van der Waals surface area contributed by atoms with Gasteiger partial charge in [-0.15, -0.1) is 0 Å². The molecule has 142 valence electrons. The fourth-order valence-electron chi connectivity index (χ4n) is 3.13. The molecule has 0 heterocycles. The normalized spacial score (nSPS) is 11.6. The van der Waals surface area contributed by atoms with Crippen LogP contribution >= 0.6 is 0 Å². The Morgan fingerprint density at radius 1 is 0.821 bits per heavy atom. The average molecular weight is 373 g/mol. The molecule has 1 atom stereocenters. The van der Waals surface area contributed by atoms with E-state index in [1.165, 1.54) is 0 Å². The quantitative estimate of drug-likeness (QED) is 0.594. The summed E-state index contributed by atoms with van der Waals surface area (Å²) in [5.74, 6) is -0.226. The van der Waals surface area contributed by atoms with Gasteiger partial charge in [0, 0.05) is 0 Å². The number of rotatable bonds is 8. The summed E-state index contributed by atoms with van der Waals surface area (Å²) in [6, 6.07) is 25.9. The first-order valence-corrected chi connectivity index (χ1v) is 9.42. The predicted octanol–water partition coefficient (Wildman–Crippen LogP) is 3.36. The van der Waals surface area contributed by atoms with Crippen molar-refractivity contribution in [2.45, 2.75) is 25.1 Å². The third-order valence-electron chi connectivity index (χ3n) is 4.59. The Hall–Kier alpha value is -3.05. The Morgan fingerprint density at radius 3 is 1.82 bits per heavy atom. The predicted molar refractivity (Wildman–Crippen MR) is 112 cm³/mol. The number of aromatic hydroxyl groups is 1. The molecule has 0 bridgehead atoms. The van der Waals surface area contributed by atoms with E-state index >= 15 is 0 Å². The minimum atomic E-state index is -0.751. The molecule has 0 aliphatic rings. The van der Waals surface area contributed by atoms with Crippen LogP contribution in [0.5, 0.6) is 5.75 Å². The standard InChI is InChI=1S/C23H24BNO3/c25-22(15-18-11-13-21(26)14-12-18)23(27)28-24(16-19-7-3-1-4-8-19)17-20-9-5-2-6-10-20/h1-14,22,26H,15-17,25H2/t22-/m1/s1. The summed E-state index contributed by atoms with van der Waals surface area (Å²) in [5, 5.41) is 9.38. The zero-order valence-electron chi connectivity index (χ0n) is 15.7. The van der Waals surface area contributed by atoms with Gasteiger partial charge in [-0.1, -0.05) is 83.9 Å². The monoisotopic (exact) mass is 373 g/mol. The van der Waals surface area contributed by atoms with E-state index in [9.17, 15) is 9.90 Å². The second-order valence-corrected chi connectivity index (χ2v) is 6.92. The first-order chi connectivity index (χ1) is 13.6. The van der Waals surface area contributed by atoms with Crippen molar-refractivity contribution >= 4 is 12.9 Å². The minimum Gasteiger partial charge on any atom is -0.534 e. The molecule has 3 N–H and O–H groups in total. The first-order valence-electron chi connectivity index (χ1n) is 9.42. The van der Waals surface area contributed by atoms with Crippen LogP contribution in [0, 0.1) is 0 Å². The van der Waals surface area contributed by atoms with Crippen LogP contribution in [-0.4, -0.2) is 24.0 Å². The molecular formula is C23H24BNO3. The Morgan fingerprint density at radius 2 is 1.32 bits per heavy atom. The molecular weight excluding hydrogens is 349 g/mol. The number of hydrogen-bond acceptors (Lipinski definition) is 4. The average Bonchev–Trinajstić information content (AvgIpc) is 2.71. The number of nitrogens with two attached hydrogens (primary N) is 1. The highest BCUT2D eigenvalue weighted by Gasteiger charge is 2.25. The van der Waals surface area contributed by atoms with Crippen molar-refractivity contribution in [3.05, 3.63) is 102 Å². The Labute approximate surface area is 166 Å². The van der Waals surface area contributed by atoms with E-state index in [1.807, 2.05) is 60.7 Å². The molecule has 0 spiro atoms. The third-order valence-corrected chi connectivity index (χ3v) is 4.59. The highest BCUT2D eigenvalue weighted by Crippen LogP contribution is 2.13. The van der Waals surface area contributed by atoms with Gasteiger partial charge < -0.3 is 15.5 Å². The summed E-state index contributed by atoms with van der Waals surface area (Å²) in [5.41, 5.74) is 9.19. The maximum Gasteiger partial charge on any atom is 0.370 e. The van der Waals surface area contributed by atoms with Gasteiger partial charge in [-0.05, 0) is 36.8 Å². The maximum absolute atomic E-state index is 12.6. The van der Waals surface area contributed by atoms with Crippen LogP contribution in [0.4, 0.5) is 0 Å². The number of carbonyl (C=O) groups excluding carboxylic acids is 1. The number of phenols is 1.